The number of nitrogens with zero attached hydrogens (tertiary/aromatic N) is 1. The zero-order valence-electron chi connectivity index (χ0n) is 6.67. The van der Waals surface area contributed by atoms with E-state index in [1.54, 1.807) is 0 Å². The Bertz CT molecular complexity index is 385. The number of aromatic amines is 1. The fraction of sp³-hybridized carbons (Fsp3) is 0.429. The summed E-state index contributed by atoms with van der Waals surface area (Å²) in [6.07, 6.45) is 1.39. The molecule has 1 aromatic heterocycles. The molecule has 13 heavy (non-hydrogen) atoms. The van der Waals surface area contributed by atoms with E-state index in [4.69, 9.17) is 23.2 Å². The molecule has 0 aromatic carbocycles. The van der Waals surface area contributed by atoms with E-state index in [0.29, 0.717) is 6.54 Å². The van der Waals surface area contributed by atoms with Gasteiger partial charge in [0.05, 0.1) is 5.38 Å². The maximum absolute atomic E-state index is 11.1. The number of hydrogen-bond donors (Lipinski definition) is 1. The number of halogens is 2. The summed E-state index contributed by atoms with van der Waals surface area (Å²) in [6, 6.07) is 1.26. The average molecular weight is 223 g/mol. The minimum absolute atomic E-state index is 0.257. The van der Waals surface area contributed by atoms with Gasteiger partial charge in [-0.2, -0.15) is 0 Å². The predicted molar refractivity (Wildman–Crippen MR) is 51.7 cm³/mol. The Hall–Kier alpha value is -0.740. The molecule has 0 aliphatic carbocycles. The van der Waals surface area contributed by atoms with E-state index in [-0.39, 0.29) is 11.3 Å². The summed E-state index contributed by atoms with van der Waals surface area (Å²) in [5, 5.41) is -0.315. The summed E-state index contributed by atoms with van der Waals surface area (Å²) in [4.78, 5) is 23.9. The topological polar surface area (TPSA) is 54.9 Å². The molecular weight excluding hydrogens is 215 g/mol. The van der Waals surface area contributed by atoms with E-state index >= 15 is 0 Å². The SMILES string of the molecule is O=c1ccn(CC(Cl)CCl)c(=O)[nH]1. The van der Waals surface area contributed by atoms with Crippen LogP contribution in [0.25, 0.3) is 0 Å². The van der Waals surface area contributed by atoms with Gasteiger partial charge in [0.2, 0.25) is 0 Å². The lowest BCUT2D eigenvalue weighted by Crippen LogP contribution is -2.31. The molecule has 1 heterocycles. The van der Waals surface area contributed by atoms with E-state index in [9.17, 15) is 9.59 Å². The maximum atomic E-state index is 11.1. The van der Waals surface area contributed by atoms with Gasteiger partial charge >= 0.3 is 5.69 Å². The van der Waals surface area contributed by atoms with Crippen LogP contribution in [0.2, 0.25) is 0 Å². The van der Waals surface area contributed by atoms with Crippen LogP contribution in [0.1, 0.15) is 0 Å². The van der Waals surface area contributed by atoms with Crippen LogP contribution in [0.5, 0.6) is 0 Å². The van der Waals surface area contributed by atoms with Crippen molar-refractivity contribution in [3.8, 4) is 0 Å². The predicted octanol–water partition coefficient (Wildman–Crippen LogP) is 0.383. The van der Waals surface area contributed by atoms with Crippen molar-refractivity contribution in [2.24, 2.45) is 0 Å². The Balaban J connectivity index is 2.90. The number of aromatic nitrogens is 2. The third kappa shape index (κ3) is 2.90. The van der Waals surface area contributed by atoms with Gasteiger partial charge < -0.3 is 0 Å². The highest BCUT2D eigenvalue weighted by Crippen LogP contribution is 2.00. The van der Waals surface area contributed by atoms with Gasteiger partial charge in [0.1, 0.15) is 0 Å². The largest absolute Gasteiger partial charge is 0.328 e. The molecule has 0 spiro atoms. The molecule has 4 nitrogen and oxygen atoms in total. The first-order valence-electron chi connectivity index (χ1n) is 3.63. The first-order valence-corrected chi connectivity index (χ1v) is 4.60. The highest BCUT2D eigenvalue weighted by atomic mass is 35.5. The van der Waals surface area contributed by atoms with Crippen molar-refractivity contribution in [2.75, 3.05) is 5.88 Å². The Morgan fingerprint density at radius 2 is 2.23 bits per heavy atom. The van der Waals surface area contributed by atoms with Crippen LogP contribution >= 0.6 is 23.2 Å². The highest BCUT2D eigenvalue weighted by Gasteiger charge is 2.04. The lowest BCUT2D eigenvalue weighted by atomic mass is 10.4. The smallest absolute Gasteiger partial charge is 0.299 e. The quantitative estimate of drug-likeness (QED) is 0.753. The molecule has 0 radical (unpaired) electrons. The van der Waals surface area contributed by atoms with E-state index in [0.717, 1.165) is 0 Å². The molecule has 0 aliphatic heterocycles. The zero-order valence-corrected chi connectivity index (χ0v) is 8.18. The maximum Gasteiger partial charge on any atom is 0.328 e. The monoisotopic (exact) mass is 222 g/mol. The summed E-state index contributed by atoms with van der Waals surface area (Å²) >= 11 is 11.2. The van der Waals surface area contributed by atoms with Crippen LogP contribution < -0.4 is 11.2 Å². The van der Waals surface area contributed by atoms with Crippen LogP contribution in [-0.4, -0.2) is 20.8 Å². The summed E-state index contributed by atoms with van der Waals surface area (Å²) in [5.74, 6) is 0.257. The number of alkyl halides is 2. The summed E-state index contributed by atoms with van der Waals surface area (Å²) in [5.41, 5.74) is -0.887. The Kier molecular flexibility index (Phi) is 3.57. The van der Waals surface area contributed by atoms with Gasteiger partial charge in [-0.05, 0) is 0 Å². The normalized spacial score (nSPS) is 12.8. The lowest BCUT2D eigenvalue weighted by molar-refractivity contribution is 0.640. The number of H-pyrrole nitrogens is 1. The van der Waals surface area contributed by atoms with Gasteiger partial charge in [0, 0.05) is 24.7 Å². The van der Waals surface area contributed by atoms with Crippen molar-refractivity contribution >= 4 is 23.2 Å². The third-order valence-corrected chi connectivity index (χ3v) is 2.28. The number of rotatable bonds is 3. The van der Waals surface area contributed by atoms with Crippen molar-refractivity contribution in [3.63, 3.8) is 0 Å². The molecule has 0 aliphatic rings. The lowest BCUT2D eigenvalue weighted by Gasteiger charge is -2.06. The molecule has 72 valence electrons. The van der Waals surface area contributed by atoms with Gasteiger partial charge in [0.15, 0.2) is 0 Å². The van der Waals surface area contributed by atoms with Gasteiger partial charge in [0.25, 0.3) is 5.56 Å². The first-order chi connectivity index (χ1) is 6.13. The Morgan fingerprint density at radius 1 is 1.54 bits per heavy atom. The summed E-state index contributed by atoms with van der Waals surface area (Å²) in [7, 11) is 0. The van der Waals surface area contributed by atoms with Gasteiger partial charge in [-0.3, -0.25) is 14.3 Å². The first kappa shape index (κ1) is 10.3. The second-order valence-electron chi connectivity index (χ2n) is 2.51. The molecular formula is C7H8Cl2N2O2. The van der Waals surface area contributed by atoms with E-state index in [2.05, 4.69) is 4.98 Å². The van der Waals surface area contributed by atoms with Crippen molar-refractivity contribution in [1.29, 1.82) is 0 Å². The van der Waals surface area contributed by atoms with E-state index in [1.807, 2.05) is 0 Å². The molecule has 0 fully saturated rings. The van der Waals surface area contributed by atoms with Crippen LogP contribution in [0.4, 0.5) is 0 Å². The number of nitrogens with one attached hydrogen (secondary N) is 1. The number of hydrogen-bond acceptors (Lipinski definition) is 2. The van der Waals surface area contributed by atoms with Crippen LogP contribution in [-0.2, 0) is 6.54 Å². The molecule has 0 saturated carbocycles. The van der Waals surface area contributed by atoms with E-state index in [1.165, 1.54) is 16.8 Å². The summed E-state index contributed by atoms with van der Waals surface area (Å²) < 4.78 is 1.31. The third-order valence-electron chi connectivity index (χ3n) is 1.46. The fourth-order valence-corrected chi connectivity index (χ4v) is 1.10. The van der Waals surface area contributed by atoms with Crippen LogP contribution in [0.3, 0.4) is 0 Å². The van der Waals surface area contributed by atoms with Crippen LogP contribution in [0, 0.1) is 0 Å². The molecule has 1 N–H and O–H groups in total. The van der Waals surface area contributed by atoms with E-state index < -0.39 is 11.2 Å². The average Bonchev–Trinajstić information content (AvgIpc) is 2.09. The molecule has 1 aromatic rings. The summed E-state index contributed by atoms with van der Waals surface area (Å²) in [6.45, 7) is 0.292. The molecule has 1 rings (SSSR count). The minimum atomic E-state index is -0.469. The molecule has 1 atom stereocenters. The van der Waals surface area contributed by atoms with Crippen molar-refractivity contribution in [1.82, 2.24) is 9.55 Å². The second kappa shape index (κ2) is 4.48. The second-order valence-corrected chi connectivity index (χ2v) is 3.44. The van der Waals surface area contributed by atoms with Crippen molar-refractivity contribution < 1.29 is 0 Å². The molecule has 0 amide bonds. The molecule has 0 saturated heterocycles. The van der Waals surface area contributed by atoms with Gasteiger partial charge in [-0.15, -0.1) is 23.2 Å². The standard InChI is InChI=1S/C7H8Cl2N2O2/c8-3-5(9)4-11-2-1-6(12)10-7(11)13/h1-2,5H,3-4H2,(H,10,12,13). The Morgan fingerprint density at radius 3 is 2.77 bits per heavy atom. The van der Waals surface area contributed by atoms with Crippen molar-refractivity contribution in [2.45, 2.75) is 11.9 Å². The van der Waals surface area contributed by atoms with Gasteiger partial charge in [-0.1, -0.05) is 0 Å². The highest BCUT2D eigenvalue weighted by molar-refractivity contribution is 6.28. The molecule has 6 heteroatoms. The molecule has 1 unspecified atom stereocenters. The van der Waals surface area contributed by atoms with Crippen LogP contribution in [0.15, 0.2) is 21.9 Å². The fourth-order valence-electron chi connectivity index (χ4n) is 0.850. The van der Waals surface area contributed by atoms with Gasteiger partial charge in [-0.25, -0.2) is 4.79 Å². The van der Waals surface area contributed by atoms with Crippen molar-refractivity contribution in [3.05, 3.63) is 33.1 Å². The minimum Gasteiger partial charge on any atom is -0.299 e. The zero-order chi connectivity index (χ0) is 9.84. The Labute approximate surface area is 84.1 Å². The molecule has 0 bridgehead atoms.